The summed E-state index contributed by atoms with van der Waals surface area (Å²) >= 11 is 1.55. The third kappa shape index (κ3) is 2.92. The predicted molar refractivity (Wildman–Crippen MR) is 33.6 cm³/mol. The van der Waals surface area contributed by atoms with E-state index in [1.807, 2.05) is 20.1 Å². The SMILES string of the molecule is CSC(C)(C)CF. The second kappa shape index (κ2) is 2.55. The van der Waals surface area contributed by atoms with Gasteiger partial charge in [-0.05, 0) is 20.1 Å². The molecule has 0 radical (unpaired) electrons. The van der Waals surface area contributed by atoms with E-state index in [1.165, 1.54) is 0 Å². The molecule has 0 aliphatic heterocycles. The van der Waals surface area contributed by atoms with E-state index < -0.39 is 0 Å². The van der Waals surface area contributed by atoms with Gasteiger partial charge in [-0.1, -0.05) is 0 Å². The van der Waals surface area contributed by atoms with Gasteiger partial charge in [-0.3, -0.25) is 0 Å². The van der Waals surface area contributed by atoms with Crippen LogP contribution in [0, 0.1) is 0 Å². The molecule has 0 saturated carbocycles. The van der Waals surface area contributed by atoms with Gasteiger partial charge in [0.25, 0.3) is 0 Å². The zero-order chi connectivity index (χ0) is 5.91. The molecule has 0 amide bonds. The monoisotopic (exact) mass is 122 g/mol. The van der Waals surface area contributed by atoms with Gasteiger partial charge in [0.15, 0.2) is 0 Å². The largest absolute Gasteiger partial charge is 0.250 e. The van der Waals surface area contributed by atoms with Crippen LogP contribution >= 0.6 is 11.8 Å². The molecule has 44 valence electrons. The number of halogens is 1. The first-order valence-electron chi connectivity index (χ1n) is 2.23. The van der Waals surface area contributed by atoms with Crippen molar-refractivity contribution in [3.63, 3.8) is 0 Å². The van der Waals surface area contributed by atoms with Gasteiger partial charge in [-0.15, -0.1) is 0 Å². The molecule has 2 heteroatoms. The van der Waals surface area contributed by atoms with Gasteiger partial charge in [-0.2, -0.15) is 11.8 Å². The van der Waals surface area contributed by atoms with Gasteiger partial charge in [0.2, 0.25) is 0 Å². The molecule has 0 bridgehead atoms. The topological polar surface area (TPSA) is 0 Å². The first-order chi connectivity index (χ1) is 3.12. The molecule has 0 N–H and O–H groups in total. The number of alkyl halides is 1. The number of rotatable bonds is 2. The van der Waals surface area contributed by atoms with Crippen LogP contribution in [0.2, 0.25) is 0 Å². The van der Waals surface area contributed by atoms with Crippen LogP contribution in [0.1, 0.15) is 13.8 Å². The summed E-state index contributed by atoms with van der Waals surface area (Å²) in [6, 6.07) is 0. The minimum absolute atomic E-state index is 0.167. The Balaban J connectivity index is 3.36. The molecular weight excluding hydrogens is 111 g/mol. The quantitative estimate of drug-likeness (QED) is 0.540. The van der Waals surface area contributed by atoms with Crippen molar-refractivity contribution >= 4 is 11.8 Å². The lowest BCUT2D eigenvalue weighted by molar-refractivity contribution is 0.432. The highest BCUT2D eigenvalue weighted by Gasteiger charge is 2.13. The Kier molecular flexibility index (Phi) is 2.66. The zero-order valence-corrected chi connectivity index (χ0v) is 5.81. The minimum atomic E-state index is -0.242. The molecule has 0 spiro atoms. The van der Waals surface area contributed by atoms with Crippen LogP contribution in [0.4, 0.5) is 4.39 Å². The molecule has 0 aliphatic carbocycles. The molecule has 7 heavy (non-hydrogen) atoms. The van der Waals surface area contributed by atoms with Crippen molar-refractivity contribution in [1.82, 2.24) is 0 Å². The summed E-state index contributed by atoms with van der Waals surface area (Å²) in [5, 5.41) is 0. The van der Waals surface area contributed by atoms with Crippen molar-refractivity contribution in [2.75, 3.05) is 12.9 Å². The Morgan fingerprint density at radius 2 is 2.00 bits per heavy atom. The van der Waals surface area contributed by atoms with Crippen LogP contribution < -0.4 is 0 Å². The smallest absolute Gasteiger partial charge is 0.104 e. The summed E-state index contributed by atoms with van der Waals surface area (Å²) in [4.78, 5) is 0. The van der Waals surface area contributed by atoms with Crippen molar-refractivity contribution < 1.29 is 4.39 Å². The van der Waals surface area contributed by atoms with E-state index in [4.69, 9.17) is 0 Å². The molecule has 0 aromatic heterocycles. The summed E-state index contributed by atoms with van der Waals surface area (Å²) in [6.45, 7) is 3.53. The highest BCUT2D eigenvalue weighted by molar-refractivity contribution is 7.99. The van der Waals surface area contributed by atoms with Crippen molar-refractivity contribution in [1.29, 1.82) is 0 Å². The fraction of sp³-hybridized carbons (Fsp3) is 1.00. The van der Waals surface area contributed by atoms with Crippen molar-refractivity contribution in [3.8, 4) is 0 Å². The van der Waals surface area contributed by atoms with E-state index in [-0.39, 0.29) is 11.4 Å². The Morgan fingerprint density at radius 1 is 1.57 bits per heavy atom. The molecule has 0 rings (SSSR count). The van der Waals surface area contributed by atoms with Gasteiger partial charge in [-0.25, -0.2) is 4.39 Å². The Morgan fingerprint density at radius 3 is 2.00 bits per heavy atom. The lowest BCUT2D eigenvalue weighted by atomic mass is 10.2. The fourth-order valence-corrected chi connectivity index (χ4v) is 0.164. The van der Waals surface area contributed by atoms with Crippen LogP contribution in [0.3, 0.4) is 0 Å². The van der Waals surface area contributed by atoms with Gasteiger partial charge in [0.05, 0.1) is 0 Å². The molecular formula is C5H11FS. The first-order valence-corrected chi connectivity index (χ1v) is 3.46. The maximum atomic E-state index is 11.8. The second-order valence-corrected chi connectivity index (χ2v) is 3.61. The van der Waals surface area contributed by atoms with E-state index >= 15 is 0 Å². The van der Waals surface area contributed by atoms with E-state index in [0.717, 1.165) is 0 Å². The number of hydrogen-bond donors (Lipinski definition) is 0. The van der Waals surface area contributed by atoms with Gasteiger partial charge in [0.1, 0.15) is 6.67 Å². The Bertz CT molecular complexity index is 46.0. The zero-order valence-electron chi connectivity index (χ0n) is 4.99. The summed E-state index contributed by atoms with van der Waals surface area (Å²) in [5.74, 6) is 0. The van der Waals surface area contributed by atoms with Crippen LogP contribution in [-0.2, 0) is 0 Å². The van der Waals surface area contributed by atoms with Crippen LogP contribution in [0.15, 0.2) is 0 Å². The third-order valence-electron chi connectivity index (χ3n) is 0.874. The third-order valence-corrected chi connectivity index (χ3v) is 2.09. The predicted octanol–water partition coefficient (Wildman–Crippen LogP) is 2.10. The average Bonchev–Trinajstić information content (AvgIpc) is 1.68. The summed E-state index contributed by atoms with van der Waals surface area (Å²) < 4.78 is 11.6. The fourth-order valence-electron chi connectivity index (χ4n) is 0.0546. The first kappa shape index (κ1) is 7.28. The van der Waals surface area contributed by atoms with Gasteiger partial charge < -0.3 is 0 Å². The van der Waals surface area contributed by atoms with Crippen LogP contribution in [-0.4, -0.2) is 17.7 Å². The second-order valence-electron chi connectivity index (χ2n) is 2.10. The number of hydrogen-bond acceptors (Lipinski definition) is 1. The maximum absolute atomic E-state index is 11.8. The highest BCUT2D eigenvalue weighted by Crippen LogP contribution is 2.20. The highest BCUT2D eigenvalue weighted by atomic mass is 32.2. The normalized spacial score (nSPS) is 12.0. The summed E-state index contributed by atoms with van der Waals surface area (Å²) in [5.41, 5.74) is 0. The van der Waals surface area contributed by atoms with Crippen LogP contribution in [0.5, 0.6) is 0 Å². The Labute approximate surface area is 48.5 Å². The molecule has 0 heterocycles. The van der Waals surface area contributed by atoms with E-state index in [2.05, 4.69) is 0 Å². The Hall–Kier alpha value is 0.280. The van der Waals surface area contributed by atoms with E-state index in [9.17, 15) is 4.39 Å². The molecule has 0 atom stereocenters. The van der Waals surface area contributed by atoms with Gasteiger partial charge >= 0.3 is 0 Å². The van der Waals surface area contributed by atoms with Crippen molar-refractivity contribution in [2.45, 2.75) is 18.6 Å². The molecule has 0 fully saturated rings. The lowest BCUT2D eigenvalue weighted by Crippen LogP contribution is -2.15. The summed E-state index contributed by atoms with van der Waals surface area (Å²) in [7, 11) is 0. The van der Waals surface area contributed by atoms with Crippen molar-refractivity contribution in [3.05, 3.63) is 0 Å². The summed E-state index contributed by atoms with van der Waals surface area (Å²) in [6.07, 6.45) is 1.92. The minimum Gasteiger partial charge on any atom is -0.250 e. The molecule has 0 nitrogen and oxygen atoms in total. The average molecular weight is 122 g/mol. The number of thioether (sulfide) groups is 1. The molecule has 0 unspecified atom stereocenters. The standard InChI is InChI=1S/C5H11FS/c1-5(2,4-6)7-3/h4H2,1-3H3. The lowest BCUT2D eigenvalue weighted by Gasteiger charge is -2.15. The van der Waals surface area contributed by atoms with Gasteiger partial charge in [0, 0.05) is 4.75 Å². The van der Waals surface area contributed by atoms with E-state index in [1.54, 1.807) is 11.8 Å². The molecule has 0 aliphatic rings. The van der Waals surface area contributed by atoms with Crippen molar-refractivity contribution in [2.24, 2.45) is 0 Å². The maximum Gasteiger partial charge on any atom is 0.104 e. The molecule has 0 saturated heterocycles. The van der Waals surface area contributed by atoms with E-state index in [0.29, 0.717) is 0 Å². The molecule has 0 aromatic rings. The van der Waals surface area contributed by atoms with Crippen LogP contribution in [0.25, 0.3) is 0 Å². The molecule has 0 aromatic carbocycles.